The van der Waals surface area contributed by atoms with E-state index in [0.717, 1.165) is 125 Å². The number of Topliss-reactive ketones (excluding diaryl/α,β-unsaturated/α-hetero) is 1. The molecular formula is C101H136F2N16O21S3. The van der Waals surface area contributed by atoms with Crippen LogP contribution in [0.15, 0.2) is 181 Å². The zero-order valence-electron chi connectivity index (χ0n) is 84.2. The van der Waals surface area contributed by atoms with E-state index in [1.54, 1.807) is 66.9 Å². The van der Waals surface area contributed by atoms with Crippen LogP contribution < -0.4 is 14.4 Å². The van der Waals surface area contributed by atoms with E-state index in [1.165, 1.54) is 79.3 Å². The number of ether oxygens (including phenoxy) is 7. The number of sulfone groups is 3. The molecule has 0 radical (unpaired) electrons. The number of likely N-dealkylation sites (tertiary alicyclic amines) is 3. The van der Waals surface area contributed by atoms with Crippen LogP contribution in [0.4, 0.5) is 29.2 Å². The lowest BCUT2D eigenvalue weighted by Crippen LogP contribution is -2.43. The van der Waals surface area contributed by atoms with Gasteiger partial charge in [-0.1, -0.05) is 90.1 Å². The molecule has 778 valence electrons. The maximum Gasteiger partial charge on any atom is 0.410 e. The van der Waals surface area contributed by atoms with Crippen LogP contribution in [0.1, 0.15) is 216 Å². The highest BCUT2D eigenvalue weighted by atomic mass is 32.2. The number of anilines is 1. The fraction of sp³-hybridized carbons (Fsp3) is 0.535. The molecule has 14 rings (SSSR count). The number of allylic oxidation sites excluding steroid dienone is 9. The Bertz CT molecular complexity index is 6090. The summed E-state index contributed by atoms with van der Waals surface area (Å²) in [4.78, 5) is 83.5. The predicted octanol–water partition coefficient (Wildman–Crippen LogP) is 17.8. The quantitative estimate of drug-likeness (QED) is 0.0219. The summed E-state index contributed by atoms with van der Waals surface area (Å²) in [5.74, 6) is 3.70. The second-order valence-electron chi connectivity index (χ2n) is 37.7. The summed E-state index contributed by atoms with van der Waals surface area (Å²) in [6.45, 7) is 28.3. The van der Waals surface area contributed by atoms with Gasteiger partial charge in [-0.25, -0.2) is 68.1 Å². The number of hydrogen-bond donors (Lipinski definition) is 1. The molecule has 3 amide bonds. The molecule has 0 bridgehead atoms. The van der Waals surface area contributed by atoms with Crippen LogP contribution in [0.25, 0.3) is 39.5 Å². The van der Waals surface area contributed by atoms with Gasteiger partial charge in [0.25, 0.3) is 11.8 Å². The molecule has 4 saturated heterocycles. The Balaban J connectivity index is 0.000000185. The summed E-state index contributed by atoms with van der Waals surface area (Å²) in [5, 5.41) is 26.2. The van der Waals surface area contributed by atoms with Gasteiger partial charge in [-0.2, -0.15) is 20.1 Å². The van der Waals surface area contributed by atoms with Gasteiger partial charge < -0.3 is 76.2 Å². The van der Waals surface area contributed by atoms with E-state index in [1.807, 2.05) is 72.8 Å². The molecule has 9 aromatic rings. The van der Waals surface area contributed by atoms with Crippen LogP contribution in [-0.4, -0.2) is 249 Å². The number of amides is 3. The van der Waals surface area contributed by atoms with Crippen molar-refractivity contribution in [3.63, 3.8) is 0 Å². The lowest BCUT2D eigenvalue weighted by atomic mass is 9.91. The molecule has 1 aliphatic carbocycles. The van der Waals surface area contributed by atoms with Crippen molar-refractivity contribution in [2.24, 2.45) is 17.8 Å². The molecule has 7 aromatic heterocycles. The van der Waals surface area contributed by atoms with Crippen molar-refractivity contribution >= 4 is 70.6 Å². The van der Waals surface area contributed by atoms with E-state index in [4.69, 9.17) is 46.7 Å². The lowest BCUT2D eigenvalue weighted by Gasteiger charge is -2.34. The van der Waals surface area contributed by atoms with Gasteiger partial charge in [-0.3, -0.25) is 4.98 Å². The van der Waals surface area contributed by atoms with Gasteiger partial charge in [0.2, 0.25) is 23.4 Å². The fourth-order valence-corrected chi connectivity index (χ4v) is 17.5. The van der Waals surface area contributed by atoms with Crippen molar-refractivity contribution in [2.45, 2.75) is 268 Å². The number of aryl methyl sites for hydroxylation is 1. The highest BCUT2D eigenvalue weighted by Crippen LogP contribution is 2.50. The molecule has 143 heavy (non-hydrogen) atoms. The first kappa shape index (κ1) is 113. The molecule has 4 aliphatic heterocycles. The molecule has 1 saturated carbocycles. The monoisotopic (exact) mass is 2040 g/mol. The van der Waals surface area contributed by atoms with Crippen LogP contribution in [0.3, 0.4) is 0 Å². The molecule has 4 atom stereocenters. The normalized spacial score (nSPS) is 17.0. The van der Waals surface area contributed by atoms with E-state index in [0.29, 0.717) is 130 Å². The second kappa shape index (κ2) is 54.0. The first-order valence-electron chi connectivity index (χ1n) is 48.4. The average molecular weight is 2040 g/mol. The van der Waals surface area contributed by atoms with E-state index in [9.17, 15) is 58.3 Å². The molecular weight excluding hydrogens is 1910 g/mol. The summed E-state index contributed by atoms with van der Waals surface area (Å²) in [6.07, 6.45) is 44.4. The maximum absolute atomic E-state index is 14.7. The lowest BCUT2D eigenvalue weighted by molar-refractivity contribution is -0.117. The van der Waals surface area contributed by atoms with E-state index in [2.05, 4.69) is 110 Å². The minimum Gasteiger partial charge on any atom is -0.478 e. The van der Waals surface area contributed by atoms with E-state index >= 15 is 0 Å². The third-order valence-corrected chi connectivity index (χ3v) is 26.6. The Morgan fingerprint density at radius 3 is 1.78 bits per heavy atom. The maximum atomic E-state index is 14.7. The van der Waals surface area contributed by atoms with Crippen molar-refractivity contribution in [2.75, 3.05) is 82.6 Å². The molecule has 1 unspecified atom stereocenters. The van der Waals surface area contributed by atoms with Crippen molar-refractivity contribution in [1.29, 1.82) is 0 Å². The first-order valence-corrected chi connectivity index (χ1v) is 54.1. The number of aliphatic hydroxyl groups excluding tert-OH is 1. The van der Waals surface area contributed by atoms with Crippen LogP contribution in [0.5, 0.6) is 11.8 Å². The number of ketones is 1. The number of halogens is 2. The molecule has 37 nitrogen and oxygen atoms in total. The van der Waals surface area contributed by atoms with Gasteiger partial charge in [0.15, 0.2) is 41.0 Å². The Hall–Kier alpha value is -12.1. The van der Waals surface area contributed by atoms with Gasteiger partial charge in [0.05, 0.1) is 47.0 Å². The van der Waals surface area contributed by atoms with Crippen molar-refractivity contribution in [3.8, 4) is 40.2 Å². The highest BCUT2D eigenvalue weighted by Gasteiger charge is 2.44. The Morgan fingerprint density at radius 1 is 0.608 bits per heavy atom. The summed E-state index contributed by atoms with van der Waals surface area (Å²) >= 11 is 0. The van der Waals surface area contributed by atoms with Crippen LogP contribution in [-0.2, 0) is 71.0 Å². The average Bonchev–Trinajstić information content (AvgIpc) is 1.64. The van der Waals surface area contributed by atoms with Gasteiger partial charge in [-0.05, 0) is 231 Å². The smallest absolute Gasteiger partial charge is 0.410 e. The number of hydrogen-bond acceptors (Lipinski definition) is 33. The number of aromatic nitrogens is 12. The predicted molar refractivity (Wildman–Crippen MR) is 531 cm³/mol. The van der Waals surface area contributed by atoms with Crippen molar-refractivity contribution < 1.29 is 105 Å². The van der Waals surface area contributed by atoms with Gasteiger partial charge in [0.1, 0.15) is 69.7 Å². The number of rotatable bonds is 35. The number of benzene rings is 2. The standard InChI is InChI=1S/C21H24FN5O5S.C21H28FN3O6S.C21H32O2.C20H28N4O4S.C18H24N4O4/c1-13(2)31-21(28)26-8-6-14(7-9-26)32-20-16-11-25-27(19(16)23-12-24-20)18-5-4-15(10-17(18)22)33(3,29)30;1-13(29-15-8-10-25(11-9-15)20(26)30-21(2,3)4)19-23-18(24-31-19)14-6-7-17(16(22)12-14)32(5,27)28;1-3-4-5-6-7-8-9-10-11-12-13-14-15-18-21(23)19-16-17-20(2)22;1-3-18-22-20(28-23-18)24-9-6-14(7-10-24)17-12-15(17)8-11-27-19-5-4-16(13-21-19)29(2,25)26;1-18(2,3)25-17(23)22-10-6-14(7-11-22)24-12-15-20-16(21-26-15)13-4-8-19-9-5-13/h4-5,10-14H,6-9H2,1-3H3;6-7,12-13,15H,8-11H2,1-5H3;4-5,7-8,10-11,13-15,18,21,23H,3,6,9,12,16-17,19H2,1-2H3;4-5,13-15,17H,3,6-12H2,1-2H3;4-5,8-9,14H,6-7,10-12H2,1-3H3/b;;5-4-,8-7-,11-10-,14-13-,18-15+;;/t;;21-;15-,17-;/m..11./s1. The molecule has 5 fully saturated rings. The molecule has 11 heterocycles. The Morgan fingerprint density at radius 2 is 1.21 bits per heavy atom. The summed E-state index contributed by atoms with van der Waals surface area (Å²) in [6, 6.07) is 14.7. The molecule has 1 N–H and O–H groups in total. The number of fused-ring (bicyclic) bond motifs is 1. The molecule has 2 aromatic carbocycles. The van der Waals surface area contributed by atoms with Gasteiger partial charge in [0, 0.05) is 133 Å². The molecule has 5 aliphatic rings. The summed E-state index contributed by atoms with van der Waals surface area (Å²) in [5.41, 5.74) is 0.504. The minimum atomic E-state index is -3.67. The Kier molecular flexibility index (Phi) is 42.6. The number of piperidine rings is 4. The highest BCUT2D eigenvalue weighted by molar-refractivity contribution is 7.91. The molecule has 0 spiro atoms. The van der Waals surface area contributed by atoms with Crippen LogP contribution in [0, 0.1) is 29.4 Å². The van der Waals surface area contributed by atoms with Gasteiger partial charge in [-0.15, -0.1) is 0 Å². The SMILES string of the molecule is CC(C)(C)OC(=O)N1CCC(OCc2nc(-c3ccncc3)no2)CC1.CC(C)OC(=O)N1CCC(Oc2ncnc3c2cnn3-c2ccc(S(C)(=O)=O)cc2F)CC1.CC(OC1CCN(C(=O)OC(C)(C)C)CC1)c1nc(-c2ccc(S(C)(=O)=O)c(F)c2)no1.CC/C=C\C/C=C\C/C=C\C/C=C\C=C\[C@@H](O)CCCC(C)=O.CCc1noc(N2CCC([C@H]3C[C@H]3CCOc3ccc(S(C)(=O)=O)cn3)CC2)n1. The van der Waals surface area contributed by atoms with E-state index < -0.39 is 64.6 Å². The van der Waals surface area contributed by atoms with Crippen molar-refractivity contribution in [1.82, 2.24) is 74.8 Å². The third-order valence-electron chi connectivity index (χ3n) is 23.2. The number of nitrogens with zero attached hydrogens (tertiary/aromatic N) is 16. The number of aliphatic hydroxyl groups is 1. The largest absolute Gasteiger partial charge is 0.478 e. The Labute approximate surface area is 835 Å². The number of carbonyl (C=O) groups excluding carboxylic acids is 4. The summed E-state index contributed by atoms with van der Waals surface area (Å²) in [7, 11) is -10.4. The third kappa shape index (κ3) is 37.5. The van der Waals surface area contributed by atoms with E-state index in [-0.39, 0.29) is 87.2 Å². The second-order valence-corrected chi connectivity index (χ2v) is 43.7. The summed E-state index contributed by atoms with van der Waals surface area (Å²) < 4.78 is 155. The zero-order chi connectivity index (χ0) is 104. The topological polar surface area (TPSA) is 455 Å². The first-order chi connectivity index (χ1) is 68.0. The van der Waals surface area contributed by atoms with Gasteiger partial charge >= 0.3 is 24.3 Å². The van der Waals surface area contributed by atoms with Crippen LogP contribution >= 0.6 is 0 Å². The number of pyridine rings is 2. The number of carbonyl (C=O) groups is 4. The fourth-order valence-electron chi connectivity index (χ4n) is 15.6. The molecule has 42 heteroatoms. The van der Waals surface area contributed by atoms with Crippen molar-refractivity contribution in [3.05, 3.63) is 182 Å². The van der Waals surface area contributed by atoms with Crippen LogP contribution in [0.2, 0.25) is 0 Å². The minimum absolute atomic E-state index is 0.0547. The zero-order valence-corrected chi connectivity index (χ0v) is 86.6.